The number of carbonyl (C=O) groups excluding carboxylic acids is 3. The molecule has 0 fully saturated rings. The zero-order chi connectivity index (χ0) is 25.2. The normalized spacial score (nSPS) is 12.2. The number of carbonyl (C=O) groups is 3. The molecule has 0 atom stereocenters. The number of fused-ring (bicyclic) bond motifs is 1. The number of hydrogen-bond acceptors (Lipinski definition) is 5. The first-order chi connectivity index (χ1) is 17.5. The van der Waals surface area contributed by atoms with Crippen molar-refractivity contribution in [2.45, 2.75) is 13.1 Å². The van der Waals surface area contributed by atoms with Crippen molar-refractivity contribution in [2.75, 3.05) is 12.0 Å². The molecular weight excluding hydrogens is 463 g/mol. The molecule has 9 heteroatoms. The lowest BCUT2D eigenvalue weighted by molar-refractivity contribution is -0.106. The first-order valence-electron chi connectivity index (χ1n) is 11.1. The smallest absolute Gasteiger partial charge is 0.278 e. The van der Waals surface area contributed by atoms with E-state index in [1.165, 1.54) is 33.8 Å². The van der Waals surface area contributed by atoms with E-state index in [1.54, 1.807) is 66.6 Å². The Bertz CT molecular complexity index is 1430. The van der Waals surface area contributed by atoms with Crippen LogP contribution in [-0.4, -0.2) is 40.0 Å². The third-order valence-electron chi connectivity index (χ3n) is 6.03. The minimum absolute atomic E-state index is 0.127. The van der Waals surface area contributed by atoms with Crippen molar-refractivity contribution in [3.05, 3.63) is 107 Å². The summed E-state index contributed by atoms with van der Waals surface area (Å²) in [6.07, 6.45) is 0.557. The van der Waals surface area contributed by atoms with Crippen molar-refractivity contribution in [1.82, 2.24) is 14.7 Å². The molecule has 0 saturated carbocycles. The Balaban J connectivity index is 1.55. The van der Waals surface area contributed by atoms with Crippen molar-refractivity contribution >= 4 is 29.7 Å². The Labute approximate surface area is 206 Å². The molecule has 1 aliphatic rings. The molecule has 5 rings (SSSR count). The van der Waals surface area contributed by atoms with Gasteiger partial charge in [0.2, 0.25) is 6.41 Å². The van der Waals surface area contributed by atoms with Crippen LogP contribution in [0.5, 0.6) is 5.75 Å². The zero-order valence-electron chi connectivity index (χ0n) is 19.3. The summed E-state index contributed by atoms with van der Waals surface area (Å²) in [5.74, 6) is -0.236. The molecule has 36 heavy (non-hydrogen) atoms. The van der Waals surface area contributed by atoms with Gasteiger partial charge in [-0.2, -0.15) is 4.68 Å². The van der Waals surface area contributed by atoms with Gasteiger partial charge in [-0.25, -0.2) is 4.39 Å². The molecule has 8 nitrogen and oxygen atoms in total. The summed E-state index contributed by atoms with van der Waals surface area (Å²) in [7, 11) is 1.55. The number of ether oxygens (including phenoxy) is 1. The van der Waals surface area contributed by atoms with Gasteiger partial charge in [0.25, 0.3) is 11.8 Å². The number of amides is 2. The number of anilines is 2. The highest BCUT2D eigenvalue weighted by molar-refractivity contribution is 5.98. The predicted octanol–water partition coefficient (Wildman–Crippen LogP) is 4.17. The number of aromatic nitrogens is 2. The second-order valence-corrected chi connectivity index (χ2v) is 8.17. The number of nitrogens with zero attached hydrogens (tertiary/aromatic N) is 4. The molecule has 0 spiro atoms. The Hall–Kier alpha value is -4.79. The lowest BCUT2D eigenvalue weighted by atomic mass is 10.2. The van der Waals surface area contributed by atoms with Gasteiger partial charge in [0.15, 0.2) is 5.82 Å². The molecule has 0 aliphatic carbocycles. The highest BCUT2D eigenvalue weighted by Crippen LogP contribution is 2.35. The molecule has 2 amide bonds. The molecule has 1 aromatic heterocycles. The first-order valence-corrected chi connectivity index (χ1v) is 11.1. The lowest BCUT2D eigenvalue weighted by Crippen LogP contribution is -2.28. The number of hydrogen-bond donors (Lipinski definition) is 0. The SMILES string of the molecule is COc1ccc(C(=O)N2Cc3c(N(C=O)c4ccc(F)cc4)nn(C(=O)c4ccccc4)c3C2)cc1. The summed E-state index contributed by atoms with van der Waals surface area (Å²) in [5, 5.41) is 4.48. The van der Waals surface area contributed by atoms with Crippen molar-refractivity contribution in [3.63, 3.8) is 0 Å². The summed E-state index contributed by atoms with van der Waals surface area (Å²) >= 11 is 0. The third-order valence-corrected chi connectivity index (χ3v) is 6.03. The van der Waals surface area contributed by atoms with Crippen LogP contribution in [0.4, 0.5) is 15.9 Å². The van der Waals surface area contributed by atoms with Crippen molar-refractivity contribution in [3.8, 4) is 5.75 Å². The van der Waals surface area contributed by atoms with Gasteiger partial charge in [-0.3, -0.25) is 19.3 Å². The molecule has 0 radical (unpaired) electrons. The van der Waals surface area contributed by atoms with Gasteiger partial charge in [0.1, 0.15) is 11.6 Å². The van der Waals surface area contributed by atoms with Crippen molar-refractivity contribution < 1.29 is 23.5 Å². The number of methoxy groups -OCH3 is 1. The summed E-state index contributed by atoms with van der Waals surface area (Å²) in [4.78, 5) is 41.6. The number of benzene rings is 3. The third kappa shape index (κ3) is 4.11. The van der Waals surface area contributed by atoms with Crippen LogP contribution >= 0.6 is 0 Å². The van der Waals surface area contributed by atoms with Crippen LogP contribution in [0.1, 0.15) is 32.0 Å². The minimum Gasteiger partial charge on any atom is -0.497 e. The van der Waals surface area contributed by atoms with E-state index in [1.807, 2.05) is 0 Å². The van der Waals surface area contributed by atoms with Crippen LogP contribution in [-0.2, 0) is 17.9 Å². The van der Waals surface area contributed by atoms with Crippen LogP contribution in [0.15, 0.2) is 78.9 Å². The van der Waals surface area contributed by atoms with Crippen LogP contribution in [0.25, 0.3) is 0 Å². The van der Waals surface area contributed by atoms with E-state index in [0.717, 1.165) is 0 Å². The van der Waals surface area contributed by atoms with E-state index in [9.17, 15) is 18.8 Å². The maximum absolute atomic E-state index is 13.5. The maximum atomic E-state index is 13.5. The lowest BCUT2D eigenvalue weighted by Gasteiger charge is -2.19. The molecule has 0 bridgehead atoms. The van der Waals surface area contributed by atoms with Crippen molar-refractivity contribution in [1.29, 1.82) is 0 Å². The van der Waals surface area contributed by atoms with E-state index in [0.29, 0.717) is 40.2 Å². The van der Waals surface area contributed by atoms with Gasteiger partial charge in [0.05, 0.1) is 31.6 Å². The van der Waals surface area contributed by atoms with Gasteiger partial charge < -0.3 is 9.64 Å². The summed E-state index contributed by atoms with van der Waals surface area (Å²) in [6.45, 7) is 0.269. The Kier molecular flexibility index (Phi) is 6.03. The topological polar surface area (TPSA) is 84.7 Å². The fourth-order valence-electron chi connectivity index (χ4n) is 4.18. The molecule has 0 unspecified atom stereocenters. The van der Waals surface area contributed by atoms with Crippen molar-refractivity contribution in [2.24, 2.45) is 0 Å². The fourth-order valence-corrected chi connectivity index (χ4v) is 4.18. The van der Waals surface area contributed by atoms with Crippen LogP contribution < -0.4 is 9.64 Å². The standard InChI is InChI=1S/C27H21FN4O4/c1-36-22-13-7-19(8-14-22)26(34)30-15-23-24(16-30)32(27(35)18-5-3-2-4-6-18)29-25(23)31(17-33)21-11-9-20(28)10-12-21/h2-14,17H,15-16H2,1H3. The monoisotopic (exact) mass is 484 g/mol. The van der Waals surface area contributed by atoms with Crippen LogP contribution in [0.3, 0.4) is 0 Å². The second kappa shape index (κ2) is 9.46. The van der Waals surface area contributed by atoms with E-state index in [-0.39, 0.29) is 30.7 Å². The van der Waals surface area contributed by atoms with Gasteiger partial charge >= 0.3 is 0 Å². The summed E-state index contributed by atoms with van der Waals surface area (Å²) in [5.41, 5.74) is 2.33. The Morgan fingerprint density at radius 3 is 2.22 bits per heavy atom. The quantitative estimate of drug-likeness (QED) is 0.384. The molecule has 3 aromatic carbocycles. The van der Waals surface area contributed by atoms with Crippen LogP contribution in [0.2, 0.25) is 0 Å². The zero-order valence-corrected chi connectivity index (χ0v) is 19.3. The first kappa shape index (κ1) is 23.0. The summed E-state index contributed by atoms with van der Waals surface area (Å²) in [6, 6.07) is 20.7. The van der Waals surface area contributed by atoms with Crippen LogP contribution in [0, 0.1) is 5.82 Å². The van der Waals surface area contributed by atoms with Gasteiger partial charge in [-0.15, -0.1) is 5.10 Å². The second-order valence-electron chi connectivity index (χ2n) is 8.17. The molecule has 180 valence electrons. The van der Waals surface area contributed by atoms with E-state index < -0.39 is 5.82 Å². The molecule has 2 heterocycles. The largest absolute Gasteiger partial charge is 0.497 e. The molecule has 1 aliphatic heterocycles. The highest BCUT2D eigenvalue weighted by atomic mass is 19.1. The predicted molar refractivity (Wildman–Crippen MR) is 130 cm³/mol. The highest BCUT2D eigenvalue weighted by Gasteiger charge is 2.35. The van der Waals surface area contributed by atoms with E-state index >= 15 is 0 Å². The van der Waals surface area contributed by atoms with E-state index in [2.05, 4.69) is 5.10 Å². The Morgan fingerprint density at radius 1 is 0.917 bits per heavy atom. The molecule has 0 saturated heterocycles. The van der Waals surface area contributed by atoms with E-state index in [4.69, 9.17) is 4.74 Å². The Morgan fingerprint density at radius 2 is 1.58 bits per heavy atom. The molecule has 0 N–H and O–H groups in total. The summed E-state index contributed by atoms with van der Waals surface area (Å²) < 4.78 is 19.9. The maximum Gasteiger partial charge on any atom is 0.278 e. The van der Waals surface area contributed by atoms with Gasteiger partial charge in [-0.1, -0.05) is 18.2 Å². The average Bonchev–Trinajstić information content (AvgIpc) is 3.50. The number of halogens is 1. The minimum atomic E-state index is -0.448. The fraction of sp³-hybridized carbons (Fsp3) is 0.111. The average molecular weight is 484 g/mol. The van der Waals surface area contributed by atoms with Gasteiger partial charge in [0, 0.05) is 16.7 Å². The number of rotatable bonds is 6. The molecule has 4 aromatic rings. The van der Waals surface area contributed by atoms with Gasteiger partial charge in [-0.05, 0) is 60.7 Å². The molecular formula is C27H21FN4O4.